The lowest BCUT2D eigenvalue weighted by Crippen LogP contribution is -2.32. The summed E-state index contributed by atoms with van der Waals surface area (Å²) < 4.78 is 18.6. The maximum atomic E-state index is 13.2. The number of amides is 1. The molecule has 20 heavy (non-hydrogen) atoms. The van der Waals surface area contributed by atoms with Crippen LogP contribution in [-0.2, 0) is 4.74 Å². The molecular weight excluding hydrogens is 261 g/mol. The number of aliphatic hydroxyl groups is 1. The van der Waals surface area contributed by atoms with Crippen molar-refractivity contribution in [2.45, 2.75) is 18.9 Å². The van der Waals surface area contributed by atoms with Crippen molar-refractivity contribution in [2.75, 3.05) is 19.8 Å². The van der Waals surface area contributed by atoms with Gasteiger partial charge in [-0.05, 0) is 31.0 Å². The SMILES string of the molecule is O=C(NCC1CCCO1)c1ccc(F)cc1C#CCO. The molecule has 5 heteroatoms. The summed E-state index contributed by atoms with van der Waals surface area (Å²) in [5.74, 6) is 4.21. The molecule has 0 bridgehead atoms. The summed E-state index contributed by atoms with van der Waals surface area (Å²) in [5.41, 5.74) is 0.564. The minimum Gasteiger partial charge on any atom is -0.384 e. The third-order valence-electron chi connectivity index (χ3n) is 3.04. The Bertz CT molecular complexity index is 542. The van der Waals surface area contributed by atoms with Gasteiger partial charge < -0.3 is 15.2 Å². The molecule has 2 rings (SSSR count). The molecular formula is C15H16FNO3. The summed E-state index contributed by atoms with van der Waals surface area (Å²) in [6, 6.07) is 3.79. The monoisotopic (exact) mass is 277 g/mol. The van der Waals surface area contributed by atoms with Gasteiger partial charge in [-0.1, -0.05) is 11.8 Å². The fourth-order valence-corrected chi connectivity index (χ4v) is 2.06. The Labute approximate surface area is 116 Å². The van der Waals surface area contributed by atoms with E-state index in [0.29, 0.717) is 12.1 Å². The van der Waals surface area contributed by atoms with Crippen molar-refractivity contribution >= 4 is 5.91 Å². The second-order valence-corrected chi connectivity index (χ2v) is 4.49. The molecule has 0 saturated carbocycles. The molecule has 0 radical (unpaired) electrons. The van der Waals surface area contributed by atoms with Gasteiger partial charge >= 0.3 is 0 Å². The molecule has 0 aliphatic carbocycles. The van der Waals surface area contributed by atoms with Gasteiger partial charge in [-0.2, -0.15) is 0 Å². The van der Waals surface area contributed by atoms with Gasteiger partial charge in [-0.3, -0.25) is 4.79 Å². The molecule has 1 fully saturated rings. The van der Waals surface area contributed by atoms with E-state index in [4.69, 9.17) is 9.84 Å². The minimum absolute atomic E-state index is 0.0476. The summed E-state index contributed by atoms with van der Waals surface area (Å²) in [7, 11) is 0. The third kappa shape index (κ3) is 3.80. The van der Waals surface area contributed by atoms with Crippen molar-refractivity contribution in [1.82, 2.24) is 5.32 Å². The highest BCUT2D eigenvalue weighted by atomic mass is 19.1. The first kappa shape index (κ1) is 14.5. The first-order valence-corrected chi connectivity index (χ1v) is 6.50. The van der Waals surface area contributed by atoms with Crippen LogP contribution in [0.25, 0.3) is 0 Å². The molecule has 1 aromatic carbocycles. The van der Waals surface area contributed by atoms with Gasteiger partial charge in [0, 0.05) is 18.7 Å². The number of hydrogen-bond donors (Lipinski definition) is 2. The zero-order valence-corrected chi connectivity index (χ0v) is 11.0. The van der Waals surface area contributed by atoms with E-state index in [1.165, 1.54) is 18.2 Å². The summed E-state index contributed by atoms with van der Waals surface area (Å²) >= 11 is 0. The molecule has 1 atom stereocenters. The summed E-state index contributed by atoms with van der Waals surface area (Å²) in [4.78, 5) is 12.1. The zero-order valence-electron chi connectivity index (χ0n) is 11.0. The van der Waals surface area contributed by atoms with E-state index in [1.807, 2.05) is 0 Å². The number of nitrogens with one attached hydrogen (secondary N) is 1. The number of rotatable bonds is 3. The molecule has 2 N–H and O–H groups in total. The Kier molecular flexibility index (Phi) is 5.10. The van der Waals surface area contributed by atoms with Crippen molar-refractivity contribution in [3.63, 3.8) is 0 Å². The number of benzene rings is 1. The van der Waals surface area contributed by atoms with Gasteiger partial charge in [0.15, 0.2) is 0 Å². The van der Waals surface area contributed by atoms with Crippen LogP contribution in [0.5, 0.6) is 0 Å². The van der Waals surface area contributed by atoms with Crippen LogP contribution in [0.4, 0.5) is 4.39 Å². The van der Waals surface area contributed by atoms with Crippen molar-refractivity contribution in [2.24, 2.45) is 0 Å². The first-order chi connectivity index (χ1) is 9.70. The van der Waals surface area contributed by atoms with E-state index in [-0.39, 0.29) is 24.2 Å². The molecule has 1 unspecified atom stereocenters. The summed E-state index contributed by atoms with van der Waals surface area (Å²) in [5, 5.41) is 11.4. The van der Waals surface area contributed by atoms with Gasteiger partial charge in [0.25, 0.3) is 5.91 Å². The van der Waals surface area contributed by atoms with Crippen LogP contribution < -0.4 is 5.32 Å². The number of ether oxygens (including phenoxy) is 1. The molecule has 0 aromatic heterocycles. The lowest BCUT2D eigenvalue weighted by Gasteiger charge is -2.11. The van der Waals surface area contributed by atoms with Crippen LogP contribution >= 0.6 is 0 Å². The van der Waals surface area contributed by atoms with Crippen LogP contribution in [0, 0.1) is 17.7 Å². The van der Waals surface area contributed by atoms with E-state index in [9.17, 15) is 9.18 Å². The number of carbonyl (C=O) groups excluding carboxylic acids is 1. The number of aliphatic hydroxyl groups excluding tert-OH is 1. The van der Waals surface area contributed by atoms with E-state index in [0.717, 1.165) is 19.4 Å². The van der Waals surface area contributed by atoms with Crippen LogP contribution in [-0.4, -0.2) is 36.9 Å². The Morgan fingerprint density at radius 3 is 3.10 bits per heavy atom. The molecule has 1 aliphatic rings. The standard InChI is InChI=1S/C15H16FNO3/c16-12-5-6-14(11(9-12)3-1-7-18)15(19)17-10-13-4-2-8-20-13/h5-6,9,13,18H,2,4,7-8,10H2,(H,17,19). The lowest BCUT2D eigenvalue weighted by atomic mass is 10.1. The van der Waals surface area contributed by atoms with Crippen molar-refractivity contribution in [3.8, 4) is 11.8 Å². The van der Waals surface area contributed by atoms with Crippen molar-refractivity contribution < 1.29 is 19.0 Å². The molecule has 1 aliphatic heterocycles. The molecule has 1 aromatic rings. The van der Waals surface area contributed by atoms with Crippen LogP contribution in [0.2, 0.25) is 0 Å². The maximum absolute atomic E-state index is 13.2. The number of halogens is 1. The largest absolute Gasteiger partial charge is 0.384 e. The van der Waals surface area contributed by atoms with Crippen LogP contribution in [0.1, 0.15) is 28.8 Å². The molecule has 106 valence electrons. The molecule has 1 heterocycles. The smallest absolute Gasteiger partial charge is 0.252 e. The number of carbonyl (C=O) groups is 1. The molecule has 4 nitrogen and oxygen atoms in total. The van der Waals surface area contributed by atoms with Gasteiger partial charge in [0.05, 0.1) is 11.7 Å². The van der Waals surface area contributed by atoms with E-state index in [2.05, 4.69) is 17.2 Å². The topological polar surface area (TPSA) is 58.6 Å². The average Bonchev–Trinajstić information content (AvgIpc) is 2.96. The van der Waals surface area contributed by atoms with Crippen molar-refractivity contribution in [3.05, 3.63) is 35.1 Å². The van der Waals surface area contributed by atoms with Gasteiger partial charge in [0.1, 0.15) is 12.4 Å². The quantitative estimate of drug-likeness (QED) is 0.813. The van der Waals surface area contributed by atoms with E-state index < -0.39 is 5.82 Å². The maximum Gasteiger partial charge on any atom is 0.252 e. The second kappa shape index (κ2) is 7.04. The highest BCUT2D eigenvalue weighted by molar-refractivity contribution is 5.96. The molecule has 0 spiro atoms. The van der Waals surface area contributed by atoms with E-state index >= 15 is 0 Å². The van der Waals surface area contributed by atoms with Gasteiger partial charge in [0.2, 0.25) is 0 Å². The third-order valence-corrected chi connectivity index (χ3v) is 3.04. The predicted molar refractivity (Wildman–Crippen MR) is 71.7 cm³/mol. The normalized spacial score (nSPS) is 17.4. The predicted octanol–water partition coefficient (Wildman–Crippen LogP) is 1.08. The Morgan fingerprint density at radius 2 is 2.40 bits per heavy atom. The average molecular weight is 277 g/mol. The second-order valence-electron chi connectivity index (χ2n) is 4.49. The lowest BCUT2D eigenvalue weighted by molar-refractivity contribution is 0.0857. The van der Waals surface area contributed by atoms with Crippen LogP contribution in [0.15, 0.2) is 18.2 Å². The van der Waals surface area contributed by atoms with Crippen molar-refractivity contribution in [1.29, 1.82) is 0 Å². The van der Waals surface area contributed by atoms with E-state index in [1.54, 1.807) is 0 Å². The zero-order chi connectivity index (χ0) is 14.4. The van der Waals surface area contributed by atoms with Gasteiger partial charge in [-0.25, -0.2) is 4.39 Å². The number of hydrogen-bond acceptors (Lipinski definition) is 3. The fraction of sp³-hybridized carbons (Fsp3) is 0.400. The Hall–Kier alpha value is -1.90. The van der Waals surface area contributed by atoms with Gasteiger partial charge in [-0.15, -0.1) is 0 Å². The first-order valence-electron chi connectivity index (χ1n) is 6.50. The highest BCUT2D eigenvalue weighted by Crippen LogP contribution is 2.13. The molecule has 1 saturated heterocycles. The Balaban J connectivity index is 2.07. The minimum atomic E-state index is -0.470. The molecule has 1 amide bonds. The summed E-state index contributed by atoms with van der Waals surface area (Å²) in [6.45, 7) is 0.820. The fourth-order valence-electron chi connectivity index (χ4n) is 2.06. The van der Waals surface area contributed by atoms with Crippen LogP contribution in [0.3, 0.4) is 0 Å². The summed E-state index contributed by atoms with van der Waals surface area (Å²) in [6.07, 6.45) is 1.98. The highest BCUT2D eigenvalue weighted by Gasteiger charge is 2.17. The Morgan fingerprint density at radius 1 is 1.55 bits per heavy atom.